The van der Waals surface area contributed by atoms with Crippen LogP contribution in [0.1, 0.15) is 20.3 Å². The highest BCUT2D eigenvalue weighted by molar-refractivity contribution is 7.84. The normalized spacial score (nSPS) is 23.4. The Balaban J connectivity index is 2.71. The largest absolute Gasteiger partial charge is 0.447 e. The number of hydrogen-bond donors (Lipinski definition) is 1. The summed E-state index contributed by atoms with van der Waals surface area (Å²) in [5, 5.41) is 0. The molecule has 1 rings (SSSR count). The Morgan fingerprint density at radius 2 is 2.36 bits per heavy atom. The Hall–Kier alpha value is -0.710. The monoisotopic (exact) mass is 219 g/mol. The van der Waals surface area contributed by atoms with Crippen LogP contribution >= 0.6 is 12.6 Å². The highest BCUT2D eigenvalue weighted by atomic mass is 32.1. The second-order valence-corrected chi connectivity index (χ2v) is 4.11. The molecule has 1 heterocycles. The van der Waals surface area contributed by atoms with Crippen LogP contribution in [0.2, 0.25) is 0 Å². The standard InChI is InChI=1S/C9H14FNO2S/c1-6-5-11(9(12)13-10)4-3-8(14)7(6)2/h6,14H,3-5H2,1-2H3. The minimum atomic E-state index is -0.910. The Morgan fingerprint density at radius 1 is 1.71 bits per heavy atom. The molecule has 1 unspecified atom stereocenters. The third kappa shape index (κ3) is 2.41. The van der Waals surface area contributed by atoms with Crippen molar-refractivity contribution in [2.24, 2.45) is 5.92 Å². The zero-order valence-corrected chi connectivity index (χ0v) is 9.18. The molecule has 0 aromatic carbocycles. The fourth-order valence-corrected chi connectivity index (χ4v) is 1.82. The number of hydrogen-bond acceptors (Lipinski definition) is 3. The summed E-state index contributed by atoms with van der Waals surface area (Å²) in [5.74, 6) is 0.198. The predicted molar refractivity (Wildman–Crippen MR) is 54.6 cm³/mol. The molecule has 0 fully saturated rings. The van der Waals surface area contributed by atoms with Crippen LogP contribution in [0.25, 0.3) is 0 Å². The van der Waals surface area contributed by atoms with Gasteiger partial charge in [-0.25, -0.2) is 9.74 Å². The maximum absolute atomic E-state index is 11.7. The van der Waals surface area contributed by atoms with Crippen molar-refractivity contribution in [2.45, 2.75) is 20.3 Å². The van der Waals surface area contributed by atoms with Crippen LogP contribution < -0.4 is 0 Å². The third-order valence-electron chi connectivity index (χ3n) is 2.63. The molecule has 0 bridgehead atoms. The summed E-state index contributed by atoms with van der Waals surface area (Å²) in [7, 11) is 0. The lowest BCUT2D eigenvalue weighted by molar-refractivity contribution is -0.0800. The van der Waals surface area contributed by atoms with E-state index in [1.54, 1.807) is 0 Å². The number of rotatable bonds is 0. The molecular formula is C9H14FNO2S. The Labute approximate surface area is 88.2 Å². The number of nitrogens with zero attached hydrogens (tertiary/aromatic N) is 1. The van der Waals surface area contributed by atoms with Crippen molar-refractivity contribution in [3.05, 3.63) is 10.5 Å². The summed E-state index contributed by atoms with van der Waals surface area (Å²) in [6, 6.07) is 0. The first-order chi connectivity index (χ1) is 6.56. The number of thiol groups is 1. The van der Waals surface area contributed by atoms with Gasteiger partial charge >= 0.3 is 6.09 Å². The molecule has 0 aliphatic carbocycles. The smallest absolute Gasteiger partial charge is 0.305 e. The first-order valence-corrected chi connectivity index (χ1v) is 4.97. The van der Waals surface area contributed by atoms with Gasteiger partial charge in [0, 0.05) is 17.6 Å². The van der Waals surface area contributed by atoms with E-state index in [9.17, 15) is 9.32 Å². The van der Waals surface area contributed by atoms with Crippen molar-refractivity contribution in [2.75, 3.05) is 13.1 Å². The van der Waals surface area contributed by atoms with E-state index in [-0.39, 0.29) is 5.92 Å². The highest BCUT2D eigenvalue weighted by Crippen LogP contribution is 2.25. The van der Waals surface area contributed by atoms with Gasteiger partial charge in [-0.15, -0.1) is 12.6 Å². The van der Waals surface area contributed by atoms with Crippen molar-refractivity contribution in [1.29, 1.82) is 0 Å². The fourth-order valence-electron chi connectivity index (χ4n) is 1.50. The van der Waals surface area contributed by atoms with Gasteiger partial charge < -0.3 is 4.90 Å². The molecule has 0 N–H and O–H groups in total. The van der Waals surface area contributed by atoms with Gasteiger partial charge in [-0.3, -0.25) is 0 Å². The van der Waals surface area contributed by atoms with Crippen molar-refractivity contribution < 1.29 is 14.3 Å². The van der Waals surface area contributed by atoms with Crippen LogP contribution in [0.3, 0.4) is 0 Å². The zero-order chi connectivity index (χ0) is 10.7. The van der Waals surface area contributed by atoms with Gasteiger partial charge in [-0.2, -0.15) is 0 Å². The number of carbonyl (C=O) groups excluding carboxylic acids is 1. The second-order valence-electron chi connectivity index (χ2n) is 3.57. The summed E-state index contributed by atoms with van der Waals surface area (Å²) in [5.41, 5.74) is 1.16. The molecule has 0 aromatic heterocycles. The van der Waals surface area contributed by atoms with Crippen LogP contribution in [0.5, 0.6) is 0 Å². The number of halogens is 1. The molecule has 0 saturated carbocycles. The summed E-state index contributed by atoms with van der Waals surface area (Å²) < 4.78 is 11.7. The summed E-state index contributed by atoms with van der Waals surface area (Å²) in [6.45, 7) is 4.91. The molecule has 80 valence electrons. The molecule has 0 radical (unpaired) electrons. The van der Waals surface area contributed by atoms with Crippen LogP contribution in [0, 0.1) is 5.92 Å². The van der Waals surface area contributed by atoms with Gasteiger partial charge in [-0.1, -0.05) is 12.5 Å². The van der Waals surface area contributed by atoms with Crippen LogP contribution in [0.4, 0.5) is 9.32 Å². The molecule has 5 heteroatoms. The van der Waals surface area contributed by atoms with E-state index in [4.69, 9.17) is 0 Å². The fraction of sp³-hybridized carbons (Fsp3) is 0.667. The van der Waals surface area contributed by atoms with Crippen molar-refractivity contribution in [3.8, 4) is 0 Å². The van der Waals surface area contributed by atoms with Gasteiger partial charge in [0.25, 0.3) is 0 Å². The summed E-state index contributed by atoms with van der Waals surface area (Å²) in [6.07, 6.45) is -0.248. The molecule has 0 spiro atoms. The lowest BCUT2D eigenvalue weighted by atomic mass is 10.0. The number of carbonyl (C=O) groups is 1. The lowest BCUT2D eigenvalue weighted by Crippen LogP contribution is -2.33. The molecule has 3 nitrogen and oxygen atoms in total. The molecule has 0 aromatic rings. The first-order valence-electron chi connectivity index (χ1n) is 4.52. The first kappa shape index (κ1) is 11.4. The molecule has 1 amide bonds. The van der Waals surface area contributed by atoms with Crippen LogP contribution in [-0.4, -0.2) is 24.1 Å². The molecule has 1 atom stereocenters. The predicted octanol–water partition coefficient (Wildman–Crippen LogP) is 2.55. The molecule has 1 aliphatic heterocycles. The zero-order valence-electron chi connectivity index (χ0n) is 8.29. The van der Waals surface area contributed by atoms with Gasteiger partial charge in [0.15, 0.2) is 0 Å². The van der Waals surface area contributed by atoms with Gasteiger partial charge in [0.2, 0.25) is 0 Å². The minimum absolute atomic E-state index is 0.198. The molecular weight excluding hydrogens is 205 g/mol. The quantitative estimate of drug-likeness (QED) is 0.634. The van der Waals surface area contributed by atoms with Gasteiger partial charge in [0.05, 0.1) is 0 Å². The maximum Gasteiger partial charge on any atom is 0.447 e. The SMILES string of the molecule is CC1=C(S)CCN(C(=O)OF)CC1C. The Kier molecular flexibility index (Phi) is 3.80. The van der Waals surface area contributed by atoms with E-state index in [1.807, 2.05) is 13.8 Å². The Morgan fingerprint density at radius 3 is 2.93 bits per heavy atom. The minimum Gasteiger partial charge on any atom is -0.305 e. The summed E-state index contributed by atoms with van der Waals surface area (Å²) >= 11 is 4.33. The molecule has 14 heavy (non-hydrogen) atoms. The van der Waals surface area contributed by atoms with E-state index in [0.29, 0.717) is 19.5 Å². The van der Waals surface area contributed by atoms with Gasteiger partial charge in [0.1, 0.15) is 0 Å². The summed E-state index contributed by atoms with van der Waals surface area (Å²) in [4.78, 5) is 16.5. The van der Waals surface area contributed by atoms with Crippen LogP contribution in [0.15, 0.2) is 10.5 Å². The number of amides is 1. The maximum atomic E-state index is 11.7. The van der Waals surface area contributed by atoms with E-state index >= 15 is 0 Å². The highest BCUT2D eigenvalue weighted by Gasteiger charge is 2.23. The van der Waals surface area contributed by atoms with Crippen molar-refractivity contribution in [3.63, 3.8) is 0 Å². The average molecular weight is 219 g/mol. The average Bonchev–Trinajstić information content (AvgIpc) is 2.31. The Bertz CT molecular complexity index is 268. The lowest BCUT2D eigenvalue weighted by Gasteiger charge is -2.20. The van der Waals surface area contributed by atoms with Gasteiger partial charge in [-0.05, 0) is 24.2 Å². The third-order valence-corrected chi connectivity index (χ3v) is 3.21. The van der Waals surface area contributed by atoms with Crippen LogP contribution in [-0.2, 0) is 4.94 Å². The topological polar surface area (TPSA) is 29.5 Å². The van der Waals surface area contributed by atoms with E-state index < -0.39 is 6.09 Å². The van der Waals surface area contributed by atoms with Crippen molar-refractivity contribution in [1.82, 2.24) is 4.90 Å². The van der Waals surface area contributed by atoms with Crippen molar-refractivity contribution >= 4 is 18.7 Å². The molecule has 1 aliphatic rings. The van der Waals surface area contributed by atoms with E-state index in [2.05, 4.69) is 17.6 Å². The van der Waals surface area contributed by atoms with E-state index in [1.165, 1.54) is 4.90 Å². The second kappa shape index (κ2) is 4.68. The molecule has 0 saturated heterocycles. The van der Waals surface area contributed by atoms with E-state index in [0.717, 1.165) is 10.5 Å².